The van der Waals surface area contributed by atoms with Crippen LogP contribution in [0.15, 0.2) is 18.2 Å². The Bertz CT molecular complexity index is 712. The van der Waals surface area contributed by atoms with Crippen molar-refractivity contribution in [3.05, 3.63) is 23.8 Å². The third-order valence-corrected chi connectivity index (χ3v) is 3.21. The number of hydrogen-bond donors (Lipinski definition) is 3. The first kappa shape index (κ1) is 23.1. The summed E-state index contributed by atoms with van der Waals surface area (Å²) in [6, 6.07) is 3.75. The van der Waals surface area contributed by atoms with E-state index in [-0.39, 0.29) is 11.7 Å². The zero-order valence-electron chi connectivity index (χ0n) is 17.3. The van der Waals surface area contributed by atoms with E-state index in [0.717, 1.165) is 0 Å². The van der Waals surface area contributed by atoms with E-state index in [4.69, 9.17) is 14.2 Å². The lowest BCUT2D eigenvalue weighted by atomic mass is 10.2. The number of carbonyl (C=O) groups excluding carboxylic acids is 3. The Labute approximate surface area is 165 Å². The molecular formula is C19H29N3O6. The van der Waals surface area contributed by atoms with Crippen molar-refractivity contribution in [3.63, 3.8) is 0 Å². The largest absolute Gasteiger partial charge is 0.493 e. The van der Waals surface area contributed by atoms with Gasteiger partial charge < -0.3 is 19.5 Å². The normalized spacial score (nSPS) is 12.0. The van der Waals surface area contributed by atoms with Crippen LogP contribution >= 0.6 is 0 Å². The number of nitrogens with one attached hydrogen (secondary N) is 3. The van der Waals surface area contributed by atoms with E-state index in [9.17, 15) is 14.4 Å². The number of benzene rings is 1. The Balaban J connectivity index is 2.63. The van der Waals surface area contributed by atoms with Crippen molar-refractivity contribution in [1.82, 2.24) is 16.2 Å². The van der Waals surface area contributed by atoms with Gasteiger partial charge in [0.2, 0.25) is 0 Å². The Hall–Kier alpha value is -2.97. The lowest BCUT2D eigenvalue weighted by molar-refractivity contribution is -0.123. The van der Waals surface area contributed by atoms with Crippen molar-refractivity contribution < 1.29 is 28.6 Å². The zero-order chi connectivity index (χ0) is 21.5. The molecule has 3 amide bonds. The fraction of sp³-hybridized carbons (Fsp3) is 0.526. The number of carbonyl (C=O) groups is 3. The van der Waals surface area contributed by atoms with Gasteiger partial charge in [0.15, 0.2) is 11.5 Å². The highest BCUT2D eigenvalue weighted by atomic mass is 16.6. The average molecular weight is 395 g/mol. The molecule has 0 aliphatic carbocycles. The van der Waals surface area contributed by atoms with Crippen molar-refractivity contribution >= 4 is 17.9 Å². The molecule has 0 saturated carbocycles. The summed E-state index contributed by atoms with van der Waals surface area (Å²) in [5, 5.41) is 2.38. The third kappa shape index (κ3) is 7.73. The van der Waals surface area contributed by atoms with Crippen LogP contribution in [0.1, 0.15) is 51.9 Å². The van der Waals surface area contributed by atoms with Crippen molar-refractivity contribution in [2.24, 2.45) is 0 Å². The Morgan fingerprint density at radius 1 is 1.00 bits per heavy atom. The molecule has 0 saturated heterocycles. The van der Waals surface area contributed by atoms with Crippen molar-refractivity contribution in [1.29, 1.82) is 0 Å². The van der Waals surface area contributed by atoms with Crippen LogP contribution in [0, 0.1) is 0 Å². The van der Waals surface area contributed by atoms with Crippen LogP contribution in [0.2, 0.25) is 0 Å². The number of alkyl carbamates (subject to hydrolysis) is 1. The molecule has 156 valence electrons. The second-order valence-electron chi connectivity index (χ2n) is 7.34. The summed E-state index contributed by atoms with van der Waals surface area (Å²) in [4.78, 5) is 36.0. The predicted molar refractivity (Wildman–Crippen MR) is 103 cm³/mol. The summed E-state index contributed by atoms with van der Waals surface area (Å²) >= 11 is 0. The molecule has 9 nitrogen and oxygen atoms in total. The number of methoxy groups -OCH3 is 1. The maximum Gasteiger partial charge on any atom is 0.408 e. The average Bonchev–Trinajstić information content (AvgIpc) is 2.57. The number of amides is 3. The van der Waals surface area contributed by atoms with Crippen molar-refractivity contribution in [2.45, 2.75) is 59.3 Å². The van der Waals surface area contributed by atoms with Crippen LogP contribution in [0.5, 0.6) is 11.5 Å². The minimum atomic E-state index is -0.911. The number of hydrazine groups is 1. The van der Waals surface area contributed by atoms with Gasteiger partial charge in [-0.15, -0.1) is 0 Å². The van der Waals surface area contributed by atoms with Crippen LogP contribution < -0.4 is 25.6 Å². The molecule has 1 aromatic carbocycles. The van der Waals surface area contributed by atoms with E-state index in [2.05, 4.69) is 16.2 Å². The van der Waals surface area contributed by atoms with Crippen molar-refractivity contribution in [2.75, 3.05) is 7.11 Å². The number of ether oxygens (including phenoxy) is 3. The van der Waals surface area contributed by atoms with Gasteiger partial charge in [-0.1, -0.05) is 0 Å². The summed E-state index contributed by atoms with van der Waals surface area (Å²) in [5.41, 5.74) is 4.12. The molecule has 9 heteroatoms. The van der Waals surface area contributed by atoms with Gasteiger partial charge in [0.25, 0.3) is 11.8 Å². The van der Waals surface area contributed by atoms with E-state index in [1.165, 1.54) is 20.1 Å². The van der Waals surface area contributed by atoms with Gasteiger partial charge >= 0.3 is 6.09 Å². The van der Waals surface area contributed by atoms with E-state index in [0.29, 0.717) is 11.5 Å². The van der Waals surface area contributed by atoms with Gasteiger partial charge in [0, 0.05) is 5.56 Å². The van der Waals surface area contributed by atoms with Crippen molar-refractivity contribution in [3.8, 4) is 11.5 Å². The minimum Gasteiger partial charge on any atom is -0.493 e. The molecule has 1 rings (SSSR count). The molecule has 0 spiro atoms. The van der Waals surface area contributed by atoms with Gasteiger partial charge in [0.05, 0.1) is 13.2 Å². The maximum atomic E-state index is 12.2. The van der Waals surface area contributed by atoms with Gasteiger partial charge in [-0.05, 0) is 59.7 Å². The van der Waals surface area contributed by atoms with E-state index < -0.39 is 29.6 Å². The highest BCUT2D eigenvalue weighted by Gasteiger charge is 2.21. The fourth-order valence-electron chi connectivity index (χ4n) is 2.01. The third-order valence-electron chi connectivity index (χ3n) is 3.21. The summed E-state index contributed by atoms with van der Waals surface area (Å²) in [6.07, 6.45) is -0.779. The molecule has 0 aliphatic heterocycles. The van der Waals surface area contributed by atoms with Gasteiger partial charge in [0.1, 0.15) is 11.6 Å². The van der Waals surface area contributed by atoms with Crippen LogP contribution in [0.4, 0.5) is 4.79 Å². The minimum absolute atomic E-state index is 0.0492. The monoisotopic (exact) mass is 395 g/mol. The maximum absolute atomic E-state index is 12.2. The van der Waals surface area contributed by atoms with Crippen LogP contribution in [0.25, 0.3) is 0 Å². The lowest BCUT2D eigenvalue weighted by Gasteiger charge is -2.21. The van der Waals surface area contributed by atoms with Gasteiger partial charge in [-0.25, -0.2) is 4.79 Å². The molecule has 0 unspecified atom stereocenters. The quantitative estimate of drug-likeness (QED) is 0.636. The second kappa shape index (κ2) is 9.82. The topological polar surface area (TPSA) is 115 Å². The standard InChI is InChI=1S/C19H29N3O6/c1-11(2)27-14-9-8-13(10-15(14)26-7)17(24)22-21-16(23)12(3)20-18(25)28-19(4,5)6/h8-12H,1-7H3,(H,20,25)(H,21,23)(H,22,24)/t12-/m1/s1. The van der Waals surface area contributed by atoms with E-state index >= 15 is 0 Å². The second-order valence-corrected chi connectivity index (χ2v) is 7.34. The lowest BCUT2D eigenvalue weighted by Crippen LogP contribution is -2.51. The smallest absolute Gasteiger partial charge is 0.408 e. The first-order valence-corrected chi connectivity index (χ1v) is 8.87. The molecule has 0 heterocycles. The summed E-state index contributed by atoms with van der Waals surface area (Å²) in [6.45, 7) is 10.4. The molecule has 0 bridgehead atoms. The molecule has 0 fully saturated rings. The summed E-state index contributed by atoms with van der Waals surface area (Å²) in [5.74, 6) is -0.251. The summed E-state index contributed by atoms with van der Waals surface area (Å²) in [7, 11) is 1.47. The molecule has 0 radical (unpaired) electrons. The molecular weight excluding hydrogens is 366 g/mol. The fourth-order valence-corrected chi connectivity index (χ4v) is 2.01. The van der Waals surface area contributed by atoms with Crippen LogP contribution in [0.3, 0.4) is 0 Å². The SMILES string of the molecule is COc1cc(C(=O)NNC(=O)[C@@H](C)NC(=O)OC(C)(C)C)ccc1OC(C)C. The van der Waals surface area contributed by atoms with Crippen LogP contribution in [-0.2, 0) is 9.53 Å². The number of rotatable bonds is 6. The molecule has 3 N–H and O–H groups in total. The first-order valence-electron chi connectivity index (χ1n) is 8.87. The van der Waals surface area contributed by atoms with Crippen LogP contribution in [-0.4, -0.2) is 42.8 Å². The van der Waals surface area contributed by atoms with E-state index in [1.54, 1.807) is 32.9 Å². The number of hydrogen-bond acceptors (Lipinski definition) is 6. The molecule has 1 atom stereocenters. The highest BCUT2D eigenvalue weighted by molar-refractivity contribution is 5.96. The molecule has 1 aromatic rings. The predicted octanol–water partition coefficient (Wildman–Crippen LogP) is 2.16. The van der Waals surface area contributed by atoms with Gasteiger partial charge in [-0.3, -0.25) is 20.4 Å². The zero-order valence-corrected chi connectivity index (χ0v) is 17.3. The Morgan fingerprint density at radius 3 is 2.18 bits per heavy atom. The van der Waals surface area contributed by atoms with E-state index in [1.807, 2.05) is 13.8 Å². The first-order chi connectivity index (χ1) is 12.9. The molecule has 0 aliphatic rings. The summed E-state index contributed by atoms with van der Waals surface area (Å²) < 4.78 is 15.9. The Morgan fingerprint density at radius 2 is 1.64 bits per heavy atom. The molecule has 28 heavy (non-hydrogen) atoms. The van der Waals surface area contributed by atoms with Gasteiger partial charge in [-0.2, -0.15) is 0 Å². The Kier molecular flexibility index (Phi) is 8.09. The highest BCUT2D eigenvalue weighted by Crippen LogP contribution is 2.28. The molecule has 0 aromatic heterocycles.